The number of phosphoric acid groups is 2. The predicted octanol–water partition coefficient (Wildman–Crippen LogP) is 25.7. The van der Waals surface area contributed by atoms with Crippen molar-refractivity contribution >= 4 is 39.5 Å². The van der Waals surface area contributed by atoms with E-state index in [1.165, 1.54) is 289 Å². The maximum atomic E-state index is 13.1. The highest BCUT2D eigenvalue weighted by atomic mass is 31.2. The van der Waals surface area contributed by atoms with Crippen LogP contribution in [0.2, 0.25) is 0 Å². The quantitative estimate of drug-likeness (QED) is 0.0222. The summed E-state index contributed by atoms with van der Waals surface area (Å²) in [6.45, 7) is 5.06. The van der Waals surface area contributed by atoms with Crippen LogP contribution in [0.1, 0.15) is 458 Å². The Balaban J connectivity index is 5.25. The number of esters is 4. The van der Waals surface area contributed by atoms with Gasteiger partial charge in [0.05, 0.1) is 26.4 Å². The van der Waals surface area contributed by atoms with Crippen LogP contribution in [0.25, 0.3) is 0 Å². The number of hydrogen-bond donors (Lipinski definition) is 3. The first-order valence-corrected chi connectivity index (χ1v) is 46.8. The average molecular weight is 1510 g/mol. The third-order valence-corrected chi connectivity index (χ3v) is 21.8. The van der Waals surface area contributed by atoms with Crippen LogP contribution in [0, 0.1) is 0 Å². The standard InChI is InChI=1S/C84H164O17P2/c1-5-9-13-17-21-25-29-33-36-38-39-40-41-43-47-51-55-59-63-67-71-84(89)101-80(75-95-82(87)69-65-61-57-53-49-46-42-37-34-30-26-22-18-14-10-6-2)77-99-103(92,93)97-73-78(85)72-96-102(90,91)98-76-79(74-94-81(86)68-64-60-56-52-48-44-32-28-24-20-16-12-8-4)100-83(88)70-66-62-58-54-50-45-35-31-27-23-19-15-11-7-3/h78-80,85H,5-77H2,1-4H3,(H,90,91)(H,92,93)/t78-,79+,80+/m0/s1. The average Bonchev–Trinajstić information content (AvgIpc) is 0.910. The van der Waals surface area contributed by atoms with Gasteiger partial charge < -0.3 is 33.8 Å². The summed E-state index contributed by atoms with van der Waals surface area (Å²) < 4.78 is 68.9. The molecule has 0 aromatic carbocycles. The number of hydrogen-bond acceptors (Lipinski definition) is 15. The first-order chi connectivity index (χ1) is 50.2. The van der Waals surface area contributed by atoms with Crippen molar-refractivity contribution in [3.63, 3.8) is 0 Å². The summed E-state index contributed by atoms with van der Waals surface area (Å²) in [7, 11) is -9.92. The normalized spacial score (nSPS) is 13.7. The molecule has 17 nitrogen and oxygen atoms in total. The molecule has 612 valence electrons. The van der Waals surface area contributed by atoms with Gasteiger partial charge in [-0.15, -0.1) is 0 Å². The molecule has 0 fully saturated rings. The molecule has 0 amide bonds. The number of aliphatic hydroxyl groups excluding tert-OH is 1. The largest absolute Gasteiger partial charge is 0.472 e. The van der Waals surface area contributed by atoms with E-state index < -0.39 is 97.5 Å². The van der Waals surface area contributed by atoms with Crippen LogP contribution in [-0.4, -0.2) is 96.7 Å². The van der Waals surface area contributed by atoms with Crippen LogP contribution in [0.15, 0.2) is 0 Å². The van der Waals surface area contributed by atoms with Crippen LogP contribution in [-0.2, 0) is 65.4 Å². The Bertz CT molecular complexity index is 1950. The topological polar surface area (TPSA) is 237 Å². The fourth-order valence-electron chi connectivity index (χ4n) is 13.2. The number of unbranched alkanes of at least 4 members (excludes halogenated alkanes) is 59. The maximum Gasteiger partial charge on any atom is 0.472 e. The Morgan fingerprint density at radius 1 is 0.233 bits per heavy atom. The van der Waals surface area contributed by atoms with Gasteiger partial charge in [0.15, 0.2) is 12.2 Å². The van der Waals surface area contributed by atoms with Crippen molar-refractivity contribution in [2.75, 3.05) is 39.6 Å². The molecule has 0 aromatic heterocycles. The minimum Gasteiger partial charge on any atom is -0.462 e. The number of aliphatic hydroxyl groups is 1. The lowest BCUT2D eigenvalue weighted by Gasteiger charge is -2.21. The molecule has 0 rings (SSSR count). The van der Waals surface area contributed by atoms with Gasteiger partial charge in [-0.1, -0.05) is 407 Å². The van der Waals surface area contributed by atoms with E-state index in [9.17, 15) is 43.2 Å². The maximum absolute atomic E-state index is 13.1. The predicted molar refractivity (Wildman–Crippen MR) is 423 cm³/mol. The first kappa shape index (κ1) is 101. The molecule has 3 N–H and O–H groups in total. The number of rotatable bonds is 85. The van der Waals surface area contributed by atoms with Gasteiger partial charge in [-0.05, 0) is 25.7 Å². The fraction of sp³-hybridized carbons (Fsp3) is 0.952. The molecule has 0 saturated carbocycles. The zero-order valence-corrected chi connectivity index (χ0v) is 69.1. The molecule has 0 spiro atoms. The number of carbonyl (C=O) groups excluding carboxylic acids is 4. The van der Waals surface area contributed by atoms with Gasteiger partial charge in [0.2, 0.25) is 0 Å². The molecule has 103 heavy (non-hydrogen) atoms. The van der Waals surface area contributed by atoms with Gasteiger partial charge in [-0.2, -0.15) is 0 Å². The Morgan fingerprint density at radius 2 is 0.388 bits per heavy atom. The molecule has 0 bridgehead atoms. The summed E-state index contributed by atoms with van der Waals surface area (Å²) in [6, 6.07) is 0. The van der Waals surface area contributed by atoms with Crippen molar-refractivity contribution in [1.29, 1.82) is 0 Å². The van der Waals surface area contributed by atoms with Gasteiger partial charge in [-0.3, -0.25) is 37.3 Å². The molecule has 0 aliphatic carbocycles. The van der Waals surface area contributed by atoms with Crippen molar-refractivity contribution in [3.05, 3.63) is 0 Å². The van der Waals surface area contributed by atoms with E-state index in [0.29, 0.717) is 25.7 Å². The van der Waals surface area contributed by atoms with Gasteiger partial charge >= 0.3 is 39.5 Å². The Kier molecular flexibility index (Phi) is 76.7. The van der Waals surface area contributed by atoms with E-state index in [0.717, 1.165) is 89.9 Å². The van der Waals surface area contributed by atoms with E-state index in [-0.39, 0.29) is 25.7 Å². The van der Waals surface area contributed by atoms with Crippen LogP contribution in [0.3, 0.4) is 0 Å². The second kappa shape index (κ2) is 78.2. The monoisotopic (exact) mass is 1510 g/mol. The molecule has 0 aliphatic rings. The van der Waals surface area contributed by atoms with Gasteiger partial charge in [-0.25, -0.2) is 9.13 Å². The van der Waals surface area contributed by atoms with E-state index in [4.69, 9.17) is 37.0 Å². The third kappa shape index (κ3) is 78.0. The fourth-order valence-corrected chi connectivity index (χ4v) is 14.7. The van der Waals surface area contributed by atoms with E-state index >= 15 is 0 Å². The molecular formula is C84H164O17P2. The Hall–Kier alpha value is -1.94. The SMILES string of the molecule is CCCCCCCCCCCCCCCCCCCCCCC(=O)O[C@H](COC(=O)CCCCCCCCCCCCCCCCCC)COP(=O)(O)OC[C@@H](O)COP(=O)(O)OC[C@@H](COC(=O)CCCCCCCCCCCCCCC)OC(=O)CCCCCCCCCCCCCCCC. The summed E-state index contributed by atoms with van der Waals surface area (Å²) in [4.78, 5) is 73.2. The zero-order valence-electron chi connectivity index (χ0n) is 67.3. The number of ether oxygens (including phenoxy) is 4. The lowest BCUT2D eigenvalue weighted by atomic mass is 10.0. The first-order valence-electron chi connectivity index (χ1n) is 43.8. The molecule has 2 unspecified atom stereocenters. The van der Waals surface area contributed by atoms with Crippen molar-refractivity contribution in [3.8, 4) is 0 Å². The smallest absolute Gasteiger partial charge is 0.462 e. The molecule has 0 aliphatic heterocycles. The Labute approximate surface area is 632 Å². The molecule has 0 heterocycles. The minimum atomic E-state index is -4.96. The molecule has 5 atom stereocenters. The second-order valence-electron chi connectivity index (χ2n) is 30.2. The van der Waals surface area contributed by atoms with Crippen LogP contribution in [0.4, 0.5) is 0 Å². The summed E-state index contributed by atoms with van der Waals surface area (Å²) in [5, 5.41) is 10.7. The lowest BCUT2D eigenvalue weighted by molar-refractivity contribution is -0.161. The number of phosphoric ester groups is 2. The van der Waals surface area contributed by atoms with Gasteiger partial charge in [0, 0.05) is 25.7 Å². The summed E-state index contributed by atoms with van der Waals surface area (Å²) in [5.74, 6) is -2.10. The zero-order chi connectivity index (χ0) is 75.3. The summed E-state index contributed by atoms with van der Waals surface area (Å²) in [5.41, 5.74) is 0. The van der Waals surface area contributed by atoms with Crippen LogP contribution < -0.4 is 0 Å². The second-order valence-corrected chi connectivity index (χ2v) is 33.1. The molecule has 19 heteroatoms. The third-order valence-electron chi connectivity index (χ3n) is 19.9. The summed E-state index contributed by atoms with van der Waals surface area (Å²) >= 11 is 0. The number of carbonyl (C=O) groups is 4. The van der Waals surface area contributed by atoms with Crippen LogP contribution in [0.5, 0.6) is 0 Å². The van der Waals surface area contributed by atoms with Crippen molar-refractivity contribution in [1.82, 2.24) is 0 Å². The van der Waals surface area contributed by atoms with Crippen molar-refractivity contribution < 1.29 is 80.2 Å². The summed E-state index contributed by atoms with van der Waals surface area (Å²) in [6.07, 6.45) is 72.0. The minimum absolute atomic E-state index is 0.109. The van der Waals surface area contributed by atoms with E-state index in [2.05, 4.69) is 27.7 Å². The highest BCUT2D eigenvalue weighted by molar-refractivity contribution is 7.47. The van der Waals surface area contributed by atoms with Crippen molar-refractivity contribution in [2.45, 2.75) is 476 Å². The molecular weight excluding hydrogens is 1340 g/mol. The van der Waals surface area contributed by atoms with Crippen molar-refractivity contribution in [2.24, 2.45) is 0 Å². The van der Waals surface area contributed by atoms with E-state index in [1.807, 2.05) is 0 Å². The molecule has 0 aromatic rings. The van der Waals surface area contributed by atoms with E-state index in [1.54, 1.807) is 0 Å². The van der Waals surface area contributed by atoms with Gasteiger partial charge in [0.1, 0.15) is 19.3 Å². The highest BCUT2D eigenvalue weighted by Gasteiger charge is 2.30. The lowest BCUT2D eigenvalue weighted by Crippen LogP contribution is -2.30. The van der Waals surface area contributed by atoms with Gasteiger partial charge in [0.25, 0.3) is 0 Å². The molecule has 0 radical (unpaired) electrons. The highest BCUT2D eigenvalue weighted by Crippen LogP contribution is 2.45. The van der Waals surface area contributed by atoms with Crippen LogP contribution >= 0.6 is 15.6 Å². The molecule has 0 saturated heterocycles. The Morgan fingerprint density at radius 3 is 0.573 bits per heavy atom.